The van der Waals surface area contributed by atoms with Crippen LogP contribution >= 0.6 is 12.2 Å². The van der Waals surface area contributed by atoms with Gasteiger partial charge in [0.1, 0.15) is 0 Å². The molecule has 0 aromatic carbocycles. The highest BCUT2D eigenvalue weighted by Gasteiger charge is 2.15. The van der Waals surface area contributed by atoms with Crippen LogP contribution in [0.25, 0.3) is 0 Å². The minimum Gasteiger partial charge on any atom is -0.375 e. The molecule has 0 saturated heterocycles. The lowest BCUT2D eigenvalue weighted by Gasteiger charge is -2.10. The molecule has 0 radical (unpaired) electrons. The predicted octanol–water partition coefficient (Wildman–Crippen LogP) is 1.77. The van der Waals surface area contributed by atoms with Crippen LogP contribution in [0.15, 0.2) is 23.6 Å². The number of nitrogens with two attached hydrogens (primary N) is 1. The zero-order chi connectivity index (χ0) is 11.4. The van der Waals surface area contributed by atoms with Crippen molar-refractivity contribution in [2.24, 2.45) is 10.8 Å². The minimum absolute atomic E-state index is 0.187. The van der Waals surface area contributed by atoms with Crippen LogP contribution in [0.1, 0.15) is 37.3 Å². The van der Waals surface area contributed by atoms with Crippen molar-refractivity contribution in [3.05, 3.63) is 24.0 Å². The third-order valence-corrected chi connectivity index (χ3v) is 2.96. The second-order valence-electron chi connectivity index (χ2n) is 4.06. The van der Waals surface area contributed by atoms with E-state index in [4.69, 9.17) is 5.73 Å². The van der Waals surface area contributed by atoms with Gasteiger partial charge in [-0.15, -0.1) is 0 Å². The van der Waals surface area contributed by atoms with Crippen LogP contribution in [0.3, 0.4) is 0 Å². The van der Waals surface area contributed by atoms with Crippen LogP contribution in [0.4, 0.5) is 0 Å². The maximum absolute atomic E-state index is 5.26. The summed E-state index contributed by atoms with van der Waals surface area (Å²) in [6.45, 7) is 0. The number of hydrogen-bond acceptors (Lipinski definition) is 2. The van der Waals surface area contributed by atoms with E-state index in [9.17, 15) is 0 Å². The number of hydrazone groups is 1. The number of hydrogen-bond donors (Lipinski definition) is 2. The number of nitrogens with zero attached hydrogens (tertiary/aromatic N) is 2. The lowest BCUT2D eigenvalue weighted by molar-refractivity contribution is 0.521. The zero-order valence-electron chi connectivity index (χ0n) is 9.10. The van der Waals surface area contributed by atoms with Gasteiger partial charge in [0.15, 0.2) is 5.11 Å². The van der Waals surface area contributed by atoms with E-state index in [2.05, 4.69) is 39.7 Å². The van der Waals surface area contributed by atoms with E-state index in [0.29, 0.717) is 6.04 Å². The van der Waals surface area contributed by atoms with E-state index >= 15 is 0 Å². The van der Waals surface area contributed by atoms with E-state index in [1.165, 1.54) is 25.7 Å². The Bertz CT molecular complexity index is 390. The standard InChI is InChI=1S/C11H16N4S/c12-11(16)14-13-7-9-5-6-15(8-9)10-3-1-2-4-10/h5-8,10H,1-4H2,(H3,12,14,16)/b13-7-. The molecule has 1 aromatic rings. The molecule has 0 amide bonds. The molecule has 1 heterocycles. The smallest absolute Gasteiger partial charge is 0.184 e. The van der Waals surface area contributed by atoms with Crippen molar-refractivity contribution < 1.29 is 0 Å². The molecule has 5 heteroatoms. The van der Waals surface area contributed by atoms with Crippen LogP contribution < -0.4 is 11.2 Å². The summed E-state index contributed by atoms with van der Waals surface area (Å²) in [5.41, 5.74) is 8.87. The maximum atomic E-state index is 5.26. The second kappa shape index (κ2) is 5.12. The van der Waals surface area contributed by atoms with Gasteiger partial charge in [-0.1, -0.05) is 12.8 Å². The van der Waals surface area contributed by atoms with E-state index < -0.39 is 0 Å². The Kier molecular flexibility index (Phi) is 3.56. The van der Waals surface area contributed by atoms with Crippen molar-refractivity contribution in [3.63, 3.8) is 0 Å². The largest absolute Gasteiger partial charge is 0.375 e. The van der Waals surface area contributed by atoms with Crippen molar-refractivity contribution in [3.8, 4) is 0 Å². The van der Waals surface area contributed by atoms with Crippen molar-refractivity contribution in [1.82, 2.24) is 9.99 Å². The molecule has 0 atom stereocenters. The average molecular weight is 236 g/mol. The van der Waals surface area contributed by atoms with Crippen LogP contribution in [-0.4, -0.2) is 15.9 Å². The molecule has 86 valence electrons. The molecule has 0 spiro atoms. The van der Waals surface area contributed by atoms with E-state index in [-0.39, 0.29) is 5.11 Å². The molecule has 1 saturated carbocycles. The molecule has 2 rings (SSSR count). The van der Waals surface area contributed by atoms with Gasteiger partial charge in [0.2, 0.25) is 0 Å². The number of nitrogens with one attached hydrogen (secondary N) is 1. The Hall–Kier alpha value is -1.36. The first-order chi connectivity index (χ1) is 7.75. The number of thiocarbonyl (C=S) groups is 1. The van der Waals surface area contributed by atoms with Gasteiger partial charge >= 0.3 is 0 Å². The van der Waals surface area contributed by atoms with Gasteiger partial charge < -0.3 is 10.3 Å². The van der Waals surface area contributed by atoms with Crippen molar-refractivity contribution >= 4 is 23.5 Å². The molecule has 16 heavy (non-hydrogen) atoms. The molecule has 0 bridgehead atoms. The first kappa shape index (κ1) is 11.1. The Labute approximate surface area is 101 Å². The molecule has 0 aliphatic heterocycles. The number of aromatic nitrogens is 1. The van der Waals surface area contributed by atoms with E-state index in [1.54, 1.807) is 6.21 Å². The van der Waals surface area contributed by atoms with Crippen LogP contribution in [0.5, 0.6) is 0 Å². The molecule has 1 fully saturated rings. The van der Waals surface area contributed by atoms with Gasteiger partial charge in [0.25, 0.3) is 0 Å². The summed E-state index contributed by atoms with van der Waals surface area (Å²) in [5, 5.41) is 4.11. The quantitative estimate of drug-likeness (QED) is 0.478. The fourth-order valence-corrected chi connectivity index (χ4v) is 2.16. The summed E-state index contributed by atoms with van der Waals surface area (Å²) in [6, 6.07) is 2.72. The summed E-state index contributed by atoms with van der Waals surface area (Å²) in [4.78, 5) is 0. The molecule has 1 aromatic heterocycles. The first-order valence-corrected chi connectivity index (χ1v) is 5.92. The Morgan fingerprint density at radius 1 is 1.56 bits per heavy atom. The molecule has 3 N–H and O–H groups in total. The maximum Gasteiger partial charge on any atom is 0.184 e. The summed E-state index contributed by atoms with van der Waals surface area (Å²) < 4.78 is 2.27. The summed E-state index contributed by atoms with van der Waals surface area (Å²) >= 11 is 4.65. The monoisotopic (exact) mass is 236 g/mol. The van der Waals surface area contributed by atoms with E-state index in [0.717, 1.165) is 5.56 Å². The fraction of sp³-hybridized carbons (Fsp3) is 0.455. The Morgan fingerprint density at radius 2 is 2.31 bits per heavy atom. The predicted molar refractivity (Wildman–Crippen MR) is 69.5 cm³/mol. The summed E-state index contributed by atoms with van der Waals surface area (Å²) in [7, 11) is 0. The Morgan fingerprint density at radius 3 is 3.00 bits per heavy atom. The second-order valence-corrected chi connectivity index (χ2v) is 4.50. The van der Waals surface area contributed by atoms with E-state index in [1.807, 2.05) is 6.07 Å². The first-order valence-electron chi connectivity index (χ1n) is 5.52. The van der Waals surface area contributed by atoms with Crippen LogP contribution in [-0.2, 0) is 0 Å². The topological polar surface area (TPSA) is 55.3 Å². The number of rotatable bonds is 3. The highest BCUT2D eigenvalue weighted by molar-refractivity contribution is 7.80. The lowest BCUT2D eigenvalue weighted by atomic mass is 10.2. The van der Waals surface area contributed by atoms with Crippen molar-refractivity contribution in [2.75, 3.05) is 0 Å². The minimum atomic E-state index is 0.187. The van der Waals surface area contributed by atoms with Gasteiger partial charge in [0.05, 0.1) is 6.21 Å². The van der Waals surface area contributed by atoms with Crippen LogP contribution in [0, 0.1) is 0 Å². The molecule has 4 nitrogen and oxygen atoms in total. The van der Waals surface area contributed by atoms with Gasteiger partial charge in [-0.2, -0.15) is 5.10 Å². The highest BCUT2D eigenvalue weighted by atomic mass is 32.1. The summed E-state index contributed by atoms with van der Waals surface area (Å²) in [6.07, 6.45) is 11.2. The van der Waals surface area contributed by atoms with Gasteiger partial charge in [-0.05, 0) is 31.1 Å². The van der Waals surface area contributed by atoms with Gasteiger partial charge in [0, 0.05) is 24.0 Å². The zero-order valence-corrected chi connectivity index (χ0v) is 9.91. The van der Waals surface area contributed by atoms with Gasteiger partial charge in [-0.25, -0.2) is 0 Å². The van der Waals surface area contributed by atoms with Gasteiger partial charge in [-0.3, -0.25) is 5.43 Å². The van der Waals surface area contributed by atoms with Crippen molar-refractivity contribution in [1.29, 1.82) is 0 Å². The van der Waals surface area contributed by atoms with Crippen molar-refractivity contribution in [2.45, 2.75) is 31.7 Å². The molecule has 0 unspecified atom stereocenters. The normalized spacial score (nSPS) is 17.0. The molecular weight excluding hydrogens is 220 g/mol. The molecule has 1 aliphatic carbocycles. The lowest BCUT2D eigenvalue weighted by Crippen LogP contribution is -2.23. The summed E-state index contributed by atoms with van der Waals surface area (Å²) in [5.74, 6) is 0. The average Bonchev–Trinajstić information content (AvgIpc) is 2.85. The highest BCUT2D eigenvalue weighted by Crippen LogP contribution is 2.29. The molecule has 1 aliphatic rings. The molecular formula is C11H16N4S. The SMILES string of the molecule is NC(=S)N/N=C\c1ccn(C2CCCC2)c1. The third kappa shape index (κ3) is 2.82. The third-order valence-electron chi connectivity index (χ3n) is 2.87. The van der Waals surface area contributed by atoms with Crippen LogP contribution in [0.2, 0.25) is 0 Å². The Balaban J connectivity index is 1.96. The fourth-order valence-electron chi connectivity index (χ4n) is 2.11.